The maximum absolute atomic E-state index is 12.9. The number of hydrogen-bond acceptors (Lipinski definition) is 2. The number of para-hydroxylation sites is 1. The maximum atomic E-state index is 12.9. The lowest BCUT2D eigenvalue weighted by Crippen LogP contribution is -2.17. The third-order valence-corrected chi connectivity index (χ3v) is 5.43. The lowest BCUT2D eigenvalue weighted by atomic mass is 9.92. The van der Waals surface area contributed by atoms with E-state index in [1.165, 1.54) is 5.56 Å². The predicted molar refractivity (Wildman–Crippen MR) is 113 cm³/mol. The Morgan fingerprint density at radius 2 is 1.75 bits per heavy atom. The number of nitrogens with zero attached hydrogens (tertiary/aromatic N) is 2. The second kappa shape index (κ2) is 6.93. The Morgan fingerprint density at radius 3 is 2.43 bits per heavy atom. The van der Waals surface area contributed by atoms with Crippen LogP contribution >= 0.6 is 0 Å². The number of anilines is 1. The van der Waals surface area contributed by atoms with Crippen molar-refractivity contribution in [3.05, 3.63) is 77.5 Å². The SMILES string of the molecule is Cc1ccccc1-n1nc(C(C)(C)C)cc1NC(=O)C1CC1c1ccccc1. The van der Waals surface area contributed by atoms with Crippen LogP contribution in [0.15, 0.2) is 60.7 Å². The molecule has 4 nitrogen and oxygen atoms in total. The summed E-state index contributed by atoms with van der Waals surface area (Å²) in [5.41, 5.74) is 4.21. The fourth-order valence-corrected chi connectivity index (χ4v) is 3.59. The summed E-state index contributed by atoms with van der Waals surface area (Å²) in [6.45, 7) is 8.46. The fourth-order valence-electron chi connectivity index (χ4n) is 3.59. The third kappa shape index (κ3) is 3.59. The Labute approximate surface area is 166 Å². The molecule has 0 aliphatic heterocycles. The van der Waals surface area contributed by atoms with Crippen molar-refractivity contribution < 1.29 is 4.79 Å². The number of aromatic nitrogens is 2. The Kier molecular flexibility index (Phi) is 4.58. The summed E-state index contributed by atoms with van der Waals surface area (Å²) in [6.07, 6.45) is 0.903. The van der Waals surface area contributed by atoms with Crippen molar-refractivity contribution in [1.29, 1.82) is 0 Å². The summed E-state index contributed by atoms with van der Waals surface area (Å²) in [6, 6.07) is 20.4. The number of hydrogen-bond donors (Lipinski definition) is 1. The number of carbonyl (C=O) groups excluding carboxylic acids is 1. The van der Waals surface area contributed by atoms with E-state index >= 15 is 0 Å². The van der Waals surface area contributed by atoms with Crippen LogP contribution in [0.3, 0.4) is 0 Å². The molecule has 3 aromatic rings. The standard InChI is InChI=1S/C24H27N3O/c1-16-10-8-9-13-20(16)27-22(15-21(26-27)24(2,3)4)25-23(28)19-14-18(19)17-11-6-5-7-12-17/h5-13,15,18-19H,14H2,1-4H3,(H,25,28). The van der Waals surface area contributed by atoms with Crippen molar-refractivity contribution in [2.24, 2.45) is 5.92 Å². The quantitative estimate of drug-likeness (QED) is 0.681. The van der Waals surface area contributed by atoms with E-state index in [-0.39, 0.29) is 17.2 Å². The minimum Gasteiger partial charge on any atom is -0.310 e. The Morgan fingerprint density at radius 1 is 1.07 bits per heavy atom. The number of benzene rings is 2. The van der Waals surface area contributed by atoms with Gasteiger partial charge >= 0.3 is 0 Å². The fraction of sp³-hybridized carbons (Fsp3) is 0.333. The zero-order chi connectivity index (χ0) is 19.9. The molecule has 144 valence electrons. The van der Waals surface area contributed by atoms with Gasteiger partial charge in [0, 0.05) is 17.4 Å². The molecular formula is C24H27N3O. The second-order valence-electron chi connectivity index (χ2n) is 8.71. The van der Waals surface area contributed by atoms with Gasteiger partial charge in [-0.1, -0.05) is 69.3 Å². The number of carbonyl (C=O) groups is 1. The van der Waals surface area contributed by atoms with Gasteiger partial charge in [-0.25, -0.2) is 4.68 Å². The van der Waals surface area contributed by atoms with Gasteiger partial charge < -0.3 is 5.32 Å². The van der Waals surface area contributed by atoms with Crippen molar-refractivity contribution in [3.63, 3.8) is 0 Å². The third-order valence-electron chi connectivity index (χ3n) is 5.43. The predicted octanol–water partition coefficient (Wildman–Crippen LogP) is 5.22. The van der Waals surface area contributed by atoms with E-state index in [0.29, 0.717) is 5.92 Å². The summed E-state index contributed by atoms with van der Waals surface area (Å²) in [4.78, 5) is 12.9. The van der Waals surface area contributed by atoms with Gasteiger partial charge in [-0.15, -0.1) is 0 Å². The van der Waals surface area contributed by atoms with Crippen LogP contribution in [0.25, 0.3) is 5.69 Å². The summed E-state index contributed by atoms with van der Waals surface area (Å²) in [5.74, 6) is 1.16. The largest absolute Gasteiger partial charge is 0.310 e. The van der Waals surface area contributed by atoms with Crippen molar-refractivity contribution in [2.45, 2.75) is 45.4 Å². The van der Waals surface area contributed by atoms with Gasteiger partial charge in [0.05, 0.1) is 11.4 Å². The van der Waals surface area contributed by atoms with Gasteiger partial charge in [-0.2, -0.15) is 5.10 Å². The molecule has 4 heteroatoms. The van der Waals surface area contributed by atoms with Crippen LogP contribution in [0.1, 0.15) is 49.9 Å². The molecule has 0 spiro atoms. The minimum absolute atomic E-state index is 0.0284. The van der Waals surface area contributed by atoms with E-state index < -0.39 is 0 Å². The molecule has 28 heavy (non-hydrogen) atoms. The number of nitrogens with one attached hydrogen (secondary N) is 1. The summed E-state index contributed by atoms with van der Waals surface area (Å²) in [5, 5.41) is 7.98. The highest BCUT2D eigenvalue weighted by atomic mass is 16.2. The van der Waals surface area contributed by atoms with Crippen LogP contribution in [0, 0.1) is 12.8 Å². The van der Waals surface area contributed by atoms with Crippen LogP contribution in [-0.4, -0.2) is 15.7 Å². The zero-order valence-electron chi connectivity index (χ0n) is 16.9. The Bertz CT molecular complexity index is 998. The van der Waals surface area contributed by atoms with E-state index in [9.17, 15) is 4.79 Å². The van der Waals surface area contributed by atoms with Crippen molar-refractivity contribution in [3.8, 4) is 5.69 Å². The van der Waals surface area contributed by atoms with Crippen LogP contribution in [0.4, 0.5) is 5.82 Å². The zero-order valence-corrected chi connectivity index (χ0v) is 16.9. The topological polar surface area (TPSA) is 46.9 Å². The van der Waals surface area contributed by atoms with Crippen LogP contribution in [-0.2, 0) is 10.2 Å². The van der Waals surface area contributed by atoms with E-state index in [0.717, 1.165) is 29.2 Å². The van der Waals surface area contributed by atoms with Gasteiger partial charge in [-0.05, 0) is 36.5 Å². The molecule has 1 amide bonds. The highest BCUT2D eigenvalue weighted by Crippen LogP contribution is 2.48. The first kappa shape index (κ1) is 18.5. The lowest BCUT2D eigenvalue weighted by molar-refractivity contribution is -0.117. The first-order valence-corrected chi connectivity index (χ1v) is 9.87. The first-order chi connectivity index (χ1) is 13.3. The van der Waals surface area contributed by atoms with Crippen LogP contribution in [0.2, 0.25) is 0 Å². The van der Waals surface area contributed by atoms with E-state index in [4.69, 9.17) is 5.10 Å². The average Bonchev–Trinajstić information content (AvgIpc) is 3.36. The van der Waals surface area contributed by atoms with E-state index in [1.807, 2.05) is 47.1 Å². The molecule has 2 atom stereocenters. The molecule has 1 heterocycles. The van der Waals surface area contributed by atoms with Gasteiger partial charge in [0.2, 0.25) is 5.91 Å². The second-order valence-corrected chi connectivity index (χ2v) is 8.71. The summed E-state index contributed by atoms with van der Waals surface area (Å²) >= 11 is 0. The minimum atomic E-state index is -0.0977. The number of aryl methyl sites for hydroxylation is 1. The lowest BCUT2D eigenvalue weighted by Gasteiger charge is -2.14. The highest BCUT2D eigenvalue weighted by Gasteiger charge is 2.44. The van der Waals surface area contributed by atoms with Crippen LogP contribution < -0.4 is 5.32 Å². The average molecular weight is 374 g/mol. The molecule has 0 saturated heterocycles. The van der Waals surface area contributed by atoms with Gasteiger partial charge in [0.1, 0.15) is 5.82 Å². The molecule has 2 unspecified atom stereocenters. The summed E-state index contributed by atoms with van der Waals surface area (Å²) < 4.78 is 1.87. The Hall–Kier alpha value is -2.88. The molecule has 1 aliphatic rings. The molecule has 0 radical (unpaired) electrons. The molecule has 1 saturated carbocycles. The van der Waals surface area contributed by atoms with Crippen molar-refractivity contribution >= 4 is 11.7 Å². The highest BCUT2D eigenvalue weighted by molar-refractivity contribution is 5.95. The number of rotatable bonds is 4. The van der Waals surface area contributed by atoms with Gasteiger partial charge in [0.15, 0.2) is 0 Å². The molecule has 1 aliphatic carbocycles. The van der Waals surface area contributed by atoms with Crippen molar-refractivity contribution in [2.75, 3.05) is 5.32 Å². The van der Waals surface area contributed by atoms with Crippen molar-refractivity contribution in [1.82, 2.24) is 9.78 Å². The number of amides is 1. The molecule has 1 N–H and O–H groups in total. The Balaban J connectivity index is 1.61. The first-order valence-electron chi connectivity index (χ1n) is 9.87. The molecule has 0 bridgehead atoms. The smallest absolute Gasteiger partial charge is 0.229 e. The van der Waals surface area contributed by atoms with Crippen LogP contribution in [0.5, 0.6) is 0 Å². The molecule has 1 fully saturated rings. The molecule has 2 aromatic carbocycles. The van der Waals surface area contributed by atoms with Gasteiger partial charge in [-0.3, -0.25) is 4.79 Å². The molecular weight excluding hydrogens is 346 g/mol. The van der Waals surface area contributed by atoms with Gasteiger partial charge in [0.25, 0.3) is 0 Å². The maximum Gasteiger partial charge on any atom is 0.229 e. The van der Waals surface area contributed by atoms with E-state index in [1.54, 1.807) is 0 Å². The van der Waals surface area contributed by atoms with E-state index in [2.05, 4.69) is 51.2 Å². The normalized spacial score (nSPS) is 18.7. The molecule has 1 aromatic heterocycles. The monoisotopic (exact) mass is 373 g/mol. The molecule has 4 rings (SSSR count). The summed E-state index contributed by atoms with van der Waals surface area (Å²) in [7, 11) is 0.